The Morgan fingerprint density at radius 2 is 2.33 bits per heavy atom. The van der Waals surface area contributed by atoms with Gasteiger partial charge in [0.05, 0.1) is 12.7 Å². The smallest absolute Gasteiger partial charge is 0.131 e. The van der Waals surface area contributed by atoms with Gasteiger partial charge in [0.2, 0.25) is 0 Å². The second-order valence-electron chi connectivity index (χ2n) is 3.63. The zero-order chi connectivity index (χ0) is 11.3. The predicted octanol–water partition coefficient (Wildman–Crippen LogP) is 0.834. The monoisotopic (exact) mass is 210 g/mol. The number of methoxy groups -OCH3 is 1. The molecule has 1 atom stereocenters. The molecule has 0 aliphatic heterocycles. The van der Waals surface area contributed by atoms with Gasteiger partial charge in [0.1, 0.15) is 5.82 Å². The number of ether oxygens (including phenoxy) is 1. The lowest BCUT2D eigenvalue weighted by atomic mass is 10.2. The van der Waals surface area contributed by atoms with Crippen LogP contribution in [-0.4, -0.2) is 43.5 Å². The summed E-state index contributed by atoms with van der Waals surface area (Å²) in [5.41, 5.74) is 1.10. The molecule has 0 aliphatic rings. The lowest BCUT2D eigenvalue weighted by Crippen LogP contribution is -2.32. The van der Waals surface area contributed by atoms with Gasteiger partial charge in [-0.2, -0.15) is 0 Å². The van der Waals surface area contributed by atoms with Crippen LogP contribution in [0.4, 0.5) is 5.82 Å². The SMILES string of the molecule is COCC(O)CN(C)c1ncccc1C. The maximum atomic E-state index is 9.58. The van der Waals surface area contributed by atoms with E-state index in [1.807, 2.05) is 31.0 Å². The third kappa shape index (κ3) is 3.49. The van der Waals surface area contributed by atoms with Gasteiger partial charge in [-0.05, 0) is 18.6 Å². The highest BCUT2D eigenvalue weighted by Crippen LogP contribution is 2.14. The van der Waals surface area contributed by atoms with Crippen molar-refractivity contribution in [1.29, 1.82) is 0 Å². The second-order valence-corrected chi connectivity index (χ2v) is 3.63. The summed E-state index contributed by atoms with van der Waals surface area (Å²) in [6.45, 7) is 2.86. The number of hydrogen-bond acceptors (Lipinski definition) is 4. The molecular formula is C11H18N2O2. The fourth-order valence-corrected chi connectivity index (χ4v) is 1.52. The van der Waals surface area contributed by atoms with E-state index in [0.717, 1.165) is 11.4 Å². The van der Waals surface area contributed by atoms with E-state index < -0.39 is 6.10 Å². The van der Waals surface area contributed by atoms with Gasteiger partial charge in [-0.15, -0.1) is 0 Å². The van der Waals surface area contributed by atoms with Crippen LogP contribution in [0.5, 0.6) is 0 Å². The average Bonchev–Trinajstić information content (AvgIpc) is 2.18. The van der Waals surface area contributed by atoms with Crippen LogP contribution < -0.4 is 4.90 Å². The quantitative estimate of drug-likeness (QED) is 0.782. The maximum absolute atomic E-state index is 9.58. The number of aliphatic hydroxyl groups excluding tert-OH is 1. The minimum atomic E-state index is -0.485. The summed E-state index contributed by atoms with van der Waals surface area (Å²) in [4.78, 5) is 6.19. The fourth-order valence-electron chi connectivity index (χ4n) is 1.52. The summed E-state index contributed by atoms with van der Waals surface area (Å²) in [6, 6.07) is 3.90. The molecule has 0 aliphatic carbocycles. The van der Waals surface area contributed by atoms with Crippen molar-refractivity contribution in [3.8, 4) is 0 Å². The minimum absolute atomic E-state index is 0.343. The highest BCUT2D eigenvalue weighted by atomic mass is 16.5. The van der Waals surface area contributed by atoms with Crippen molar-refractivity contribution >= 4 is 5.82 Å². The van der Waals surface area contributed by atoms with E-state index in [-0.39, 0.29) is 0 Å². The van der Waals surface area contributed by atoms with E-state index in [2.05, 4.69) is 4.98 Å². The highest BCUT2D eigenvalue weighted by Gasteiger charge is 2.10. The van der Waals surface area contributed by atoms with Gasteiger partial charge in [0, 0.05) is 26.9 Å². The molecule has 84 valence electrons. The summed E-state index contributed by atoms with van der Waals surface area (Å²) in [7, 11) is 3.49. The first-order valence-electron chi connectivity index (χ1n) is 4.95. The first kappa shape index (κ1) is 11.9. The summed E-state index contributed by atoms with van der Waals surface area (Å²) < 4.78 is 4.87. The van der Waals surface area contributed by atoms with Crippen LogP contribution in [0.2, 0.25) is 0 Å². The number of aliphatic hydroxyl groups is 1. The third-order valence-electron chi connectivity index (χ3n) is 2.19. The highest BCUT2D eigenvalue weighted by molar-refractivity contribution is 5.44. The normalized spacial score (nSPS) is 12.5. The molecule has 0 spiro atoms. The Balaban J connectivity index is 2.61. The van der Waals surface area contributed by atoms with E-state index in [1.54, 1.807) is 13.3 Å². The number of likely N-dealkylation sites (N-methyl/N-ethyl adjacent to an activating group) is 1. The van der Waals surface area contributed by atoms with Gasteiger partial charge < -0.3 is 14.7 Å². The number of aromatic nitrogens is 1. The van der Waals surface area contributed by atoms with E-state index in [9.17, 15) is 5.11 Å². The zero-order valence-corrected chi connectivity index (χ0v) is 9.47. The first-order chi connectivity index (χ1) is 7.15. The standard InChI is InChI=1S/C11H18N2O2/c1-9-5-4-6-12-11(9)13(2)7-10(14)8-15-3/h4-6,10,14H,7-8H2,1-3H3. The Kier molecular flexibility index (Phi) is 4.52. The number of anilines is 1. The molecule has 15 heavy (non-hydrogen) atoms. The topological polar surface area (TPSA) is 45.6 Å². The zero-order valence-electron chi connectivity index (χ0n) is 9.47. The number of pyridine rings is 1. The Bertz CT molecular complexity index is 304. The summed E-state index contributed by atoms with van der Waals surface area (Å²) in [6.07, 6.45) is 1.27. The van der Waals surface area contributed by atoms with Crippen LogP contribution in [0.1, 0.15) is 5.56 Å². The van der Waals surface area contributed by atoms with Gasteiger partial charge in [-0.3, -0.25) is 0 Å². The molecule has 1 aromatic heterocycles. The Labute approximate surface area is 90.5 Å². The van der Waals surface area contributed by atoms with Crippen LogP contribution in [0.15, 0.2) is 18.3 Å². The van der Waals surface area contributed by atoms with Gasteiger partial charge in [0.15, 0.2) is 0 Å². The molecular weight excluding hydrogens is 192 g/mol. The van der Waals surface area contributed by atoms with Crippen molar-refractivity contribution in [2.24, 2.45) is 0 Å². The Morgan fingerprint density at radius 1 is 1.60 bits per heavy atom. The molecule has 4 nitrogen and oxygen atoms in total. The van der Waals surface area contributed by atoms with E-state index in [1.165, 1.54) is 0 Å². The molecule has 0 bridgehead atoms. The molecule has 1 aromatic rings. The number of aryl methyl sites for hydroxylation is 1. The molecule has 0 fully saturated rings. The van der Waals surface area contributed by atoms with Gasteiger partial charge in [0.25, 0.3) is 0 Å². The molecule has 1 rings (SSSR count). The summed E-state index contributed by atoms with van der Waals surface area (Å²) in [5.74, 6) is 0.896. The van der Waals surface area contributed by atoms with Crippen molar-refractivity contribution in [2.75, 3.05) is 32.2 Å². The molecule has 0 amide bonds. The first-order valence-corrected chi connectivity index (χ1v) is 4.95. The Hall–Kier alpha value is -1.13. The molecule has 1 N–H and O–H groups in total. The fraction of sp³-hybridized carbons (Fsp3) is 0.545. The third-order valence-corrected chi connectivity index (χ3v) is 2.19. The van der Waals surface area contributed by atoms with Crippen molar-refractivity contribution in [3.63, 3.8) is 0 Å². The van der Waals surface area contributed by atoms with Crippen LogP contribution in [0.25, 0.3) is 0 Å². The lowest BCUT2D eigenvalue weighted by Gasteiger charge is -2.22. The maximum Gasteiger partial charge on any atom is 0.131 e. The van der Waals surface area contributed by atoms with Crippen molar-refractivity contribution in [3.05, 3.63) is 23.9 Å². The molecule has 4 heteroatoms. The van der Waals surface area contributed by atoms with Crippen LogP contribution in [0.3, 0.4) is 0 Å². The second kappa shape index (κ2) is 5.68. The van der Waals surface area contributed by atoms with Gasteiger partial charge in [-0.25, -0.2) is 4.98 Å². The van der Waals surface area contributed by atoms with E-state index in [4.69, 9.17) is 4.74 Å². The van der Waals surface area contributed by atoms with Gasteiger partial charge >= 0.3 is 0 Å². The van der Waals surface area contributed by atoms with Crippen LogP contribution in [0, 0.1) is 6.92 Å². The van der Waals surface area contributed by atoms with Crippen LogP contribution >= 0.6 is 0 Å². The molecule has 0 radical (unpaired) electrons. The van der Waals surface area contributed by atoms with Crippen molar-refractivity contribution in [2.45, 2.75) is 13.0 Å². The number of rotatable bonds is 5. The number of hydrogen-bond donors (Lipinski definition) is 1. The molecule has 1 unspecified atom stereocenters. The summed E-state index contributed by atoms with van der Waals surface area (Å²) >= 11 is 0. The average molecular weight is 210 g/mol. The molecule has 0 aromatic carbocycles. The minimum Gasteiger partial charge on any atom is -0.389 e. The molecule has 1 heterocycles. The van der Waals surface area contributed by atoms with Gasteiger partial charge in [-0.1, -0.05) is 6.07 Å². The lowest BCUT2D eigenvalue weighted by molar-refractivity contribution is 0.0694. The number of nitrogens with zero attached hydrogens (tertiary/aromatic N) is 2. The van der Waals surface area contributed by atoms with Crippen LogP contribution in [-0.2, 0) is 4.74 Å². The van der Waals surface area contributed by atoms with E-state index >= 15 is 0 Å². The van der Waals surface area contributed by atoms with Crippen molar-refractivity contribution < 1.29 is 9.84 Å². The largest absolute Gasteiger partial charge is 0.389 e. The summed E-state index contributed by atoms with van der Waals surface area (Å²) in [5, 5.41) is 9.58. The molecule has 0 saturated heterocycles. The Morgan fingerprint density at radius 3 is 2.93 bits per heavy atom. The van der Waals surface area contributed by atoms with Crippen molar-refractivity contribution in [1.82, 2.24) is 4.98 Å². The molecule has 0 saturated carbocycles. The van der Waals surface area contributed by atoms with E-state index in [0.29, 0.717) is 13.2 Å². The predicted molar refractivity (Wildman–Crippen MR) is 60.1 cm³/mol.